The highest BCUT2D eigenvalue weighted by molar-refractivity contribution is 6.03. The number of fused-ring (bicyclic) bond motifs is 1. The standard InChI is InChI=1S/C24H24N6O4/c1-2-11-29-21-19(23(33)30(24(29)34)17-8-9-17)27-20(28-21)15-5-10-18(25-12-15)22(32)26-16-6-3-14(13-31)4-7-16/h3-7,10,12,17,31H,2,8-9,11,13H2,1H3,(H,26,32)(H,27,28). The molecule has 0 aliphatic heterocycles. The van der Waals surface area contributed by atoms with E-state index < -0.39 is 0 Å². The Morgan fingerprint density at radius 2 is 1.94 bits per heavy atom. The molecule has 1 amide bonds. The van der Waals surface area contributed by atoms with Crippen molar-refractivity contribution in [3.63, 3.8) is 0 Å². The molecule has 0 unspecified atom stereocenters. The third kappa shape index (κ3) is 3.92. The largest absolute Gasteiger partial charge is 0.392 e. The lowest BCUT2D eigenvalue weighted by atomic mass is 10.2. The molecule has 0 saturated heterocycles. The first kappa shape index (κ1) is 21.8. The van der Waals surface area contributed by atoms with Gasteiger partial charge in [-0.1, -0.05) is 19.1 Å². The molecular weight excluding hydrogens is 436 g/mol. The number of aliphatic hydroxyl groups is 1. The molecule has 10 nitrogen and oxygen atoms in total. The molecule has 10 heteroatoms. The Labute approximate surface area is 193 Å². The minimum absolute atomic E-state index is 0.0430. The third-order valence-electron chi connectivity index (χ3n) is 5.83. The average Bonchev–Trinajstić information content (AvgIpc) is 3.59. The van der Waals surface area contributed by atoms with Crippen molar-refractivity contribution in [2.75, 3.05) is 5.32 Å². The first-order valence-electron chi connectivity index (χ1n) is 11.2. The molecule has 3 heterocycles. The minimum atomic E-state index is -0.378. The molecule has 0 spiro atoms. The maximum atomic E-state index is 13.0. The van der Waals surface area contributed by atoms with Gasteiger partial charge in [0.05, 0.1) is 6.61 Å². The second kappa shape index (κ2) is 8.71. The van der Waals surface area contributed by atoms with E-state index in [1.807, 2.05) is 6.92 Å². The van der Waals surface area contributed by atoms with Crippen LogP contribution in [0.1, 0.15) is 48.3 Å². The van der Waals surface area contributed by atoms with E-state index in [2.05, 4.69) is 20.3 Å². The summed E-state index contributed by atoms with van der Waals surface area (Å²) in [5.41, 5.74) is 2.09. The number of nitrogens with one attached hydrogen (secondary N) is 2. The number of carbonyl (C=O) groups excluding carboxylic acids is 1. The lowest BCUT2D eigenvalue weighted by Crippen LogP contribution is -2.39. The van der Waals surface area contributed by atoms with Crippen molar-refractivity contribution < 1.29 is 9.90 Å². The second-order valence-corrected chi connectivity index (χ2v) is 8.37. The van der Waals surface area contributed by atoms with E-state index in [9.17, 15) is 14.4 Å². The topological polar surface area (TPSA) is 135 Å². The van der Waals surface area contributed by atoms with E-state index in [0.29, 0.717) is 34.8 Å². The van der Waals surface area contributed by atoms with Crippen LogP contribution in [0.4, 0.5) is 5.69 Å². The summed E-state index contributed by atoms with van der Waals surface area (Å²) in [4.78, 5) is 50.3. The number of imidazole rings is 1. The number of hydrogen-bond donors (Lipinski definition) is 3. The van der Waals surface area contributed by atoms with Crippen molar-refractivity contribution in [3.05, 3.63) is 74.7 Å². The number of hydrogen-bond acceptors (Lipinski definition) is 6. The molecule has 1 saturated carbocycles. The first-order chi connectivity index (χ1) is 16.5. The second-order valence-electron chi connectivity index (χ2n) is 8.37. The van der Waals surface area contributed by atoms with E-state index in [4.69, 9.17) is 5.11 Å². The van der Waals surface area contributed by atoms with Crippen LogP contribution < -0.4 is 16.6 Å². The zero-order valence-electron chi connectivity index (χ0n) is 18.6. The van der Waals surface area contributed by atoms with Gasteiger partial charge in [-0.3, -0.25) is 23.7 Å². The molecule has 174 valence electrons. The Hall–Kier alpha value is -4.05. The fraction of sp³-hybridized carbons (Fsp3) is 0.292. The number of benzene rings is 1. The minimum Gasteiger partial charge on any atom is -0.392 e. The van der Waals surface area contributed by atoms with Crippen molar-refractivity contribution in [1.82, 2.24) is 24.1 Å². The van der Waals surface area contributed by atoms with E-state index >= 15 is 0 Å². The Morgan fingerprint density at radius 3 is 2.56 bits per heavy atom. The zero-order chi connectivity index (χ0) is 23.8. The van der Waals surface area contributed by atoms with E-state index in [1.165, 1.54) is 10.8 Å². The van der Waals surface area contributed by atoms with Gasteiger partial charge in [0.1, 0.15) is 17.0 Å². The number of pyridine rings is 1. The number of aryl methyl sites for hydroxylation is 1. The summed E-state index contributed by atoms with van der Waals surface area (Å²) in [5.74, 6) is 0.0287. The maximum Gasteiger partial charge on any atom is 0.333 e. The van der Waals surface area contributed by atoms with Crippen molar-refractivity contribution in [2.45, 2.75) is 45.4 Å². The summed E-state index contributed by atoms with van der Waals surface area (Å²) >= 11 is 0. The molecule has 34 heavy (non-hydrogen) atoms. The number of aromatic nitrogens is 5. The highest BCUT2D eigenvalue weighted by Gasteiger charge is 2.29. The van der Waals surface area contributed by atoms with Crippen LogP contribution in [0.15, 0.2) is 52.2 Å². The number of anilines is 1. The van der Waals surface area contributed by atoms with Crippen molar-refractivity contribution in [2.24, 2.45) is 0 Å². The van der Waals surface area contributed by atoms with Crippen LogP contribution in [-0.2, 0) is 13.2 Å². The smallest absolute Gasteiger partial charge is 0.333 e. The van der Waals surface area contributed by atoms with E-state index in [0.717, 1.165) is 24.8 Å². The molecule has 1 aliphatic carbocycles. The van der Waals surface area contributed by atoms with Crippen LogP contribution in [0.25, 0.3) is 22.6 Å². The number of nitrogens with zero attached hydrogens (tertiary/aromatic N) is 4. The number of carbonyl (C=O) groups is 1. The molecule has 1 fully saturated rings. The van der Waals surface area contributed by atoms with Gasteiger partial charge in [-0.25, -0.2) is 9.78 Å². The molecule has 3 N–H and O–H groups in total. The van der Waals surface area contributed by atoms with Crippen molar-refractivity contribution >= 4 is 22.8 Å². The van der Waals surface area contributed by atoms with Crippen LogP contribution in [0.5, 0.6) is 0 Å². The van der Waals surface area contributed by atoms with Crippen LogP contribution in [0.2, 0.25) is 0 Å². The predicted octanol–water partition coefficient (Wildman–Crippen LogP) is 2.44. The highest BCUT2D eigenvalue weighted by Crippen LogP contribution is 2.32. The fourth-order valence-electron chi connectivity index (χ4n) is 3.91. The number of H-pyrrole nitrogens is 1. The molecule has 3 aromatic heterocycles. The van der Waals surface area contributed by atoms with Crippen LogP contribution in [0.3, 0.4) is 0 Å². The summed E-state index contributed by atoms with van der Waals surface area (Å²) < 4.78 is 2.88. The zero-order valence-corrected chi connectivity index (χ0v) is 18.6. The maximum absolute atomic E-state index is 13.0. The van der Waals surface area contributed by atoms with Gasteiger partial charge in [-0.2, -0.15) is 0 Å². The van der Waals surface area contributed by atoms with Crippen LogP contribution >= 0.6 is 0 Å². The molecular formula is C24H24N6O4. The molecule has 0 bridgehead atoms. The summed E-state index contributed by atoms with van der Waals surface area (Å²) in [6.45, 7) is 2.36. The Kier molecular flexibility index (Phi) is 5.58. The van der Waals surface area contributed by atoms with Gasteiger partial charge in [-0.05, 0) is 49.1 Å². The summed E-state index contributed by atoms with van der Waals surface area (Å²) in [7, 11) is 0. The lowest BCUT2D eigenvalue weighted by molar-refractivity contribution is 0.102. The Bertz CT molecular complexity index is 1480. The summed E-state index contributed by atoms with van der Waals surface area (Å²) in [6.07, 6.45) is 3.89. The fourth-order valence-corrected chi connectivity index (χ4v) is 3.91. The number of aliphatic hydroxyl groups excluding tert-OH is 1. The quantitative estimate of drug-likeness (QED) is 0.388. The average molecular weight is 460 g/mol. The molecule has 4 aromatic rings. The van der Waals surface area contributed by atoms with Gasteiger partial charge >= 0.3 is 5.69 Å². The first-order valence-corrected chi connectivity index (χ1v) is 11.2. The number of aromatic amines is 1. The van der Waals surface area contributed by atoms with Gasteiger partial charge < -0.3 is 15.4 Å². The monoisotopic (exact) mass is 460 g/mol. The highest BCUT2D eigenvalue weighted by atomic mass is 16.3. The third-order valence-corrected chi connectivity index (χ3v) is 5.83. The lowest BCUT2D eigenvalue weighted by Gasteiger charge is -2.09. The van der Waals surface area contributed by atoms with Gasteiger partial charge in [0, 0.05) is 30.0 Å². The van der Waals surface area contributed by atoms with Crippen LogP contribution in [0, 0.1) is 0 Å². The summed E-state index contributed by atoms with van der Waals surface area (Å²) in [6, 6.07) is 10.1. The normalized spacial score (nSPS) is 13.4. The molecule has 5 rings (SSSR count). The van der Waals surface area contributed by atoms with Gasteiger partial charge in [-0.15, -0.1) is 0 Å². The molecule has 0 radical (unpaired) electrons. The Balaban J connectivity index is 1.45. The van der Waals surface area contributed by atoms with Crippen molar-refractivity contribution in [3.8, 4) is 11.4 Å². The number of rotatable bonds is 7. The van der Waals surface area contributed by atoms with E-state index in [-0.39, 0.29) is 35.5 Å². The van der Waals surface area contributed by atoms with Crippen molar-refractivity contribution in [1.29, 1.82) is 0 Å². The van der Waals surface area contributed by atoms with Crippen LogP contribution in [-0.4, -0.2) is 35.1 Å². The summed E-state index contributed by atoms with van der Waals surface area (Å²) in [5, 5.41) is 11.9. The molecule has 0 atom stereocenters. The SMILES string of the molecule is CCCn1c(=O)n(C2CC2)c(=O)c2[nH]c(-c3ccc(C(=O)Nc4ccc(CO)cc4)nc3)nc21. The van der Waals surface area contributed by atoms with Gasteiger partial charge in [0.15, 0.2) is 5.65 Å². The molecule has 1 aromatic carbocycles. The number of amides is 1. The Morgan fingerprint density at radius 1 is 1.18 bits per heavy atom. The van der Waals surface area contributed by atoms with E-state index in [1.54, 1.807) is 41.0 Å². The molecule has 1 aliphatic rings. The van der Waals surface area contributed by atoms with Gasteiger partial charge in [0.2, 0.25) is 0 Å². The van der Waals surface area contributed by atoms with Gasteiger partial charge in [0.25, 0.3) is 11.5 Å². The predicted molar refractivity (Wildman–Crippen MR) is 127 cm³/mol.